The Bertz CT molecular complexity index is 748. The average molecular weight is 303 g/mol. The van der Waals surface area contributed by atoms with E-state index in [0.717, 1.165) is 19.3 Å². The van der Waals surface area contributed by atoms with Crippen molar-refractivity contribution in [3.8, 4) is 0 Å². The lowest BCUT2D eigenvalue weighted by Gasteiger charge is -2.29. The molecule has 1 N–H and O–H groups in total. The van der Waals surface area contributed by atoms with Crippen LogP contribution in [0.4, 0.5) is 0 Å². The highest BCUT2D eigenvalue weighted by Gasteiger charge is 2.23. The van der Waals surface area contributed by atoms with E-state index in [1.54, 1.807) is 11.7 Å². The Morgan fingerprint density at radius 3 is 2.95 bits per heavy atom. The van der Waals surface area contributed by atoms with Crippen molar-refractivity contribution in [3.63, 3.8) is 0 Å². The fourth-order valence-corrected chi connectivity index (χ4v) is 3.12. The number of carbonyl (C=O) groups is 1. The summed E-state index contributed by atoms with van der Waals surface area (Å²) >= 11 is 0. The van der Waals surface area contributed by atoms with Crippen LogP contribution in [0.3, 0.4) is 0 Å². The molecular formula is C15H21N5O2. The Labute approximate surface area is 128 Å². The molecule has 2 heterocycles. The first-order valence-corrected chi connectivity index (χ1v) is 7.73. The molecular weight excluding hydrogens is 282 g/mol. The molecule has 2 aromatic heterocycles. The number of hydrogen-bond donors (Lipinski definition) is 1. The third-order valence-electron chi connectivity index (χ3n) is 4.49. The first-order chi connectivity index (χ1) is 10.6. The fourth-order valence-electron chi connectivity index (χ4n) is 3.12. The minimum Gasteiger partial charge on any atom is -0.352 e. The molecule has 118 valence electrons. The van der Waals surface area contributed by atoms with E-state index >= 15 is 0 Å². The predicted octanol–water partition coefficient (Wildman–Crippen LogP) is 0.825. The van der Waals surface area contributed by atoms with Crippen LogP contribution in [0.5, 0.6) is 0 Å². The average Bonchev–Trinajstić information content (AvgIpc) is 2.87. The quantitative estimate of drug-likeness (QED) is 0.910. The highest BCUT2D eigenvalue weighted by molar-refractivity contribution is 5.77. The molecule has 0 spiro atoms. The summed E-state index contributed by atoms with van der Waals surface area (Å²) in [5.41, 5.74) is 0.299. The highest BCUT2D eigenvalue weighted by Crippen LogP contribution is 2.23. The van der Waals surface area contributed by atoms with Gasteiger partial charge in [0.05, 0.1) is 6.20 Å². The van der Waals surface area contributed by atoms with Gasteiger partial charge in [0.1, 0.15) is 18.3 Å². The second-order valence-corrected chi connectivity index (χ2v) is 6.12. The van der Waals surface area contributed by atoms with Crippen LogP contribution in [-0.2, 0) is 18.4 Å². The first-order valence-electron chi connectivity index (χ1n) is 7.73. The molecule has 1 fully saturated rings. The maximum Gasteiger partial charge on any atom is 0.264 e. The molecule has 1 aliphatic carbocycles. The molecule has 0 unspecified atom stereocenters. The number of fused-ring (bicyclic) bond motifs is 1. The van der Waals surface area contributed by atoms with Gasteiger partial charge in [-0.05, 0) is 18.8 Å². The van der Waals surface area contributed by atoms with Gasteiger partial charge in [0.15, 0.2) is 5.65 Å². The Hall–Kier alpha value is -2.18. The number of nitrogens with zero attached hydrogens (tertiary/aromatic N) is 4. The number of rotatable bonds is 3. The number of aryl methyl sites for hydroxylation is 1. The zero-order chi connectivity index (χ0) is 15.7. The minimum atomic E-state index is -0.232. The van der Waals surface area contributed by atoms with E-state index in [1.165, 1.54) is 23.5 Å². The van der Waals surface area contributed by atoms with E-state index in [9.17, 15) is 9.59 Å². The van der Waals surface area contributed by atoms with Crippen molar-refractivity contribution in [2.45, 2.75) is 45.2 Å². The van der Waals surface area contributed by atoms with Gasteiger partial charge in [-0.15, -0.1) is 0 Å². The number of hydrogen-bond acceptors (Lipinski definition) is 4. The lowest BCUT2D eigenvalue weighted by Crippen LogP contribution is -2.43. The van der Waals surface area contributed by atoms with E-state index in [-0.39, 0.29) is 24.1 Å². The monoisotopic (exact) mass is 303 g/mol. The molecule has 0 aromatic carbocycles. The van der Waals surface area contributed by atoms with Crippen LogP contribution >= 0.6 is 0 Å². The molecule has 7 heteroatoms. The zero-order valence-corrected chi connectivity index (χ0v) is 13.0. The number of amides is 1. The standard InChI is InChI=1S/C15H21N5O2/c1-10-5-3-4-6-12(10)18-13(21)8-20-9-16-14-11(15(20)22)7-17-19(14)2/h7,9-10,12H,3-6,8H2,1-2H3,(H,18,21)/t10-,12-/m1/s1. The maximum atomic E-state index is 12.3. The molecule has 1 amide bonds. The van der Waals surface area contributed by atoms with Gasteiger partial charge in [-0.25, -0.2) is 4.98 Å². The van der Waals surface area contributed by atoms with E-state index in [0.29, 0.717) is 17.0 Å². The topological polar surface area (TPSA) is 81.8 Å². The molecule has 2 aromatic rings. The smallest absolute Gasteiger partial charge is 0.264 e. The van der Waals surface area contributed by atoms with Crippen molar-refractivity contribution in [1.29, 1.82) is 0 Å². The van der Waals surface area contributed by atoms with E-state index < -0.39 is 0 Å². The van der Waals surface area contributed by atoms with Gasteiger partial charge in [0, 0.05) is 13.1 Å². The van der Waals surface area contributed by atoms with Crippen molar-refractivity contribution >= 4 is 16.9 Å². The third-order valence-corrected chi connectivity index (χ3v) is 4.49. The summed E-state index contributed by atoms with van der Waals surface area (Å²) in [7, 11) is 1.73. The van der Waals surface area contributed by atoms with Crippen molar-refractivity contribution in [1.82, 2.24) is 24.6 Å². The van der Waals surface area contributed by atoms with Gasteiger partial charge in [0.2, 0.25) is 5.91 Å². The summed E-state index contributed by atoms with van der Waals surface area (Å²) < 4.78 is 2.89. The largest absolute Gasteiger partial charge is 0.352 e. The predicted molar refractivity (Wildman–Crippen MR) is 82.3 cm³/mol. The summed E-state index contributed by atoms with van der Waals surface area (Å²) in [4.78, 5) is 28.7. The van der Waals surface area contributed by atoms with Gasteiger partial charge in [0.25, 0.3) is 5.56 Å². The first kappa shape index (κ1) is 14.7. The van der Waals surface area contributed by atoms with Crippen molar-refractivity contribution in [2.24, 2.45) is 13.0 Å². The summed E-state index contributed by atoms with van der Waals surface area (Å²) in [5.74, 6) is 0.360. The highest BCUT2D eigenvalue weighted by atomic mass is 16.2. The summed E-state index contributed by atoms with van der Waals surface area (Å²) in [6.07, 6.45) is 7.45. The SMILES string of the molecule is C[C@@H]1CCCC[C@H]1NC(=O)Cn1cnc2c(cnn2C)c1=O. The Kier molecular flexibility index (Phi) is 3.96. The second kappa shape index (κ2) is 5.90. The molecule has 1 saturated carbocycles. The van der Waals surface area contributed by atoms with E-state index in [4.69, 9.17) is 0 Å². The Morgan fingerprint density at radius 2 is 2.18 bits per heavy atom. The summed E-state index contributed by atoms with van der Waals surface area (Å²) in [6, 6.07) is 0.215. The van der Waals surface area contributed by atoms with Gasteiger partial charge in [-0.2, -0.15) is 5.10 Å². The second-order valence-electron chi connectivity index (χ2n) is 6.12. The third kappa shape index (κ3) is 2.75. The molecule has 7 nitrogen and oxygen atoms in total. The van der Waals surface area contributed by atoms with Crippen LogP contribution in [0.25, 0.3) is 11.0 Å². The molecule has 22 heavy (non-hydrogen) atoms. The molecule has 0 saturated heterocycles. The zero-order valence-electron chi connectivity index (χ0n) is 13.0. The van der Waals surface area contributed by atoms with Gasteiger partial charge >= 0.3 is 0 Å². The summed E-state index contributed by atoms with van der Waals surface area (Å²) in [6.45, 7) is 2.17. The van der Waals surface area contributed by atoms with Gasteiger partial charge in [-0.3, -0.25) is 18.8 Å². The van der Waals surface area contributed by atoms with Crippen molar-refractivity contribution in [2.75, 3.05) is 0 Å². The van der Waals surface area contributed by atoms with Crippen molar-refractivity contribution < 1.29 is 4.79 Å². The summed E-state index contributed by atoms with van der Waals surface area (Å²) in [5, 5.41) is 7.51. The fraction of sp³-hybridized carbons (Fsp3) is 0.600. The van der Waals surface area contributed by atoms with Crippen LogP contribution < -0.4 is 10.9 Å². The normalized spacial score (nSPS) is 21.9. The molecule has 3 rings (SSSR count). The van der Waals surface area contributed by atoms with Gasteiger partial charge < -0.3 is 5.32 Å². The lowest BCUT2D eigenvalue weighted by molar-refractivity contribution is -0.123. The number of nitrogens with one attached hydrogen (secondary N) is 1. The van der Waals surface area contributed by atoms with Crippen LogP contribution in [0.15, 0.2) is 17.3 Å². The minimum absolute atomic E-state index is 0.000111. The van der Waals surface area contributed by atoms with Crippen LogP contribution in [0.1, 0.15) is 32.6 Å². The lowest BCUT2D eigenvalue weighted by atomic mass is 9.86. The Morgan fingerprint density at radius 1 is 1.41 bits per heavy atom. The molecule has 0 radical (unpaired) electrons. The molecule has 1 aliphatic rings. The van der Waals surface area contributed by atoms with E-state index in [2.05, 4.69) is 22.3 Å². The van der Waals surface area contributed by atoms with Crippen LogP contribution in [0.2, 0.25) is 0 Å². The van der Waals surface area contributed by atoms with Crippen LogP contribution in [-0.4, -0.2) is 31.3 Å². The maximum absolute atomic E-state index is 12.3. The van der Waals surface area contributed by atoms with E-state index in [1.807, 2.05) is 0 Å². The van der Waals surface area contributed by atoms with Gasteiger partial charge in [-0.1, -0.05) is 19.8 Å². The number of carbonyl (C=O) groups excluding carboxylic acids is 1. The Balaban J connectivity index is 1.74. The molecule has 0 bridgehead atoms. The van der Waals surface area contributed by atoms with Crippen LogP contribution in [0, 0.1) is 5.92 Å². The van der Waals surface area contributed by atoms with Crippen molar-refractivity contribution in [3.05, 3.63) is 22.9 Å². The molecule has 2 atom stereocenters. The number of aromatic nitrogens is 4. The molecule has 0 aliphatic heterocycles.